The number of ether oxygens (including phenoxy) is 2. The van der Waals surface area contributed by atoms with E-state index in [9.17, 15) is 14.3 Å². The van der Waals surface area contributed by atoms with Crippen molar-refractivity contribution in [3.8, 4) is 16.9 Å². The molecule has 1 aliphatic heterocycles. The molecule has 1 unspecified atom stereocenters. The van der Waals surface area contributed by atoms with Crippen molar-refractivity contribution in [2.24, 2.45) is 5.92 Å². The molecule has 1 aliphatic carbocycles. The normalized spacial score (nSPS) is 18.0. The van der Waals surface area contributed by atoms with Crippen LogP contribution in [0.25, 0.3) is 16.7 Å². The molecule has 1 N–H and O–H groups in total. The Kier molecular flexibility index (Phi) is 5.73. The number of carbonyl (C=O) groups is 1. The van der Waals surface area contributed by atoms with Crippen LogP contribution in [-0.2, 0) is 22.6 Å². The summed E-state index contributed by atoms with van der Waals surface area (Å²) in [5, 5.41) is 9.28. The van der Waals surface area contributed by atoms with Crippen LogP contribution in [0.5, 0.6) is 5.75 Å². The number of hydrogen-bond donors (Lipinski definition) is 1. The van der Waals surface area contributed by atoms with Crippen LogP contribution in [0.1, 0.15) is 41.2 Å². The van der Waals surface area contributed by atoms with Crippen LogP contribution < -0.4 is 4.74 Å². The third kappa shape index (κ3) is 4.55. The van der Waals surface area contributed by atoms with Gasteiger partial charge in [0, 0.05) is 18.1 Å². The number of rotatable bonds is 6. The monoisotopic (exact) mass is 444 g/mol. The van der Waals surface area contributed by atoms with E-state index in [1.54, 1.807) is 19.2 Å². The summed E-state index contributed by atoms with van der Waals surface area (Å²) in [4.78, 5) is 11.3. The van der Waals surface area contributed by atoms with Gasteiger partial charge in [0.15, 0.2) is 0 Å². The van der Waals surface area contributed by atoms with Crippen molar-refractivity contribution in [3.05, 3.63) is 94.8 Å². The smallest absolute Gasteiger partial charge is 0.328 e. The van der Waals surface area contributed by atoms with Crippen LogP contribution in [-0.4, -0.2) is 18.2 Å². The van der Waals surface area contributed by atoms with Crippen molar-refractivity contribution in [3.63, 3.8) is 0 Å². The molecular formula is C28H25FO4. The van der Waals surface area contributed by atoms with Gasteiger partial charge in [0.1, 0.15) is 11.6 Å². The van der Waals surface area contributed by atoms with Gasteiger partial charge in [-0.1, -0.05) is 42.5 Å². The van der Waals surface area contributed by atoms with Crippen molar-refractivity contribution in [1.29, 1.82) is 0 Å². The van der Waals surface area contributed by atoms with E-state index in [0.717, 1.165) is 40.7 Å². The molecular weight excluding hydrogens is 419 g/mol. The first kappa shape index (κ1) is 21.4. The highest BCUT2D eigenvalue weighted by molar-refractivity contribution is 5.91. The molecule has 3 aromatic carbocycles. The zero-order valence-electron chi connectivity index (χ0n) is 18.4. The fraction of sp³-hybridized carbons (Fsp3) is 0.250. The number of allylic oxidation sites excluding steroid dienone is 1. The number of methoxy groups -OCH3 is 1. The predicted molar refractivity (Wildman–Crippen MR) is 124 cm³/mol. The maximum absolute atomic E-state index is 14.3. The van der Waals surface area contributed by atoms with Crippen molar-refractivity contribution < 1.29 is 23.8 Å². The summed E-state index contributed by atoms with van der Waals surface area (Å²) in [6.45, 7) is 0.508. The molecule has 0 spiro atoms. The largest absolute Gasteiger partial charge is 0.497 e. The molecule has 33 heavy (non-hydrogen) atoms. The number of aliphatic carboxylic acids is 1. The van der Waals surface area contributed by atoms with E-state index in [1.807, 2.05) is 36.4 Å². The summed E-state index contributed by atoms with van der Waals surface area (Å²) in [6.07, 6.45) is 4.04. The van der Waals surface area contributed by atoms with Crippen molar-refractivity contribution in [2.45, 2.75) is 32.0 Å². The van der Waals surface area contributed by atoms with Gasteiger partial charge in [-0.3, -0.25) is 0 Å². The van der Waals surface area contributed by atoms with Crippen LogP contribution in [0, 0.1) is 11.7 Å². The van der Waals surface area contributed by atoms with E-state index in [0.29, 0.717) is 30.3 Å². The Bertz CT molecular complexity index is 1230. The van der Waals surface area contributed by atoms with Gasteiger partial charge < -0.3 is 14.6 Å². The van der Waals surface area contributed by atoms with Crippen LogP contribution in [0.2, 0.25) is 0 Å². The summed E-state index contributed by atoms with van der Waals surface area (Å²) in [5.74, 6) is -0.233. The number of carboxylic acid groups (broad SMARTS) is 1. The molecule has 168 valence electrons. The van der Waals surface area contributed by atoms with Gasteiger partial charge >= 0.3 is 5.97 Å². The van der Waals surface area contributed by atoms with Crippen LogP contribution in [0.4, 0.5) is 4.39 Å². The lowest BCUT2D eigenvalue weighted by atomic mass is 9.90. The zero-order chi connectivity index (χ0) is 22.9. The molecule has 1 atom stereocenters. The number of halogens is 1. The maximum Gasteiger partial charge on any atom is 0.328 e. The topological polar surface area (TPSA) is 55.8 Å². The van der Waals surface area contributed by atoms with Crippen molar-refractivity contribution in [2.75, 3.05) is 7.11 Å². The summed E-state index contributed by atoms with van der Waals surface area (Å²) in [6, 6.07) is 18.7. The van der Waals surface area contributed by atoms with Gasteiger partial charge in [0.25, 0.3) is 0 Å². The second kappa shape index (κ2) is 8.83. The number of benzene rings is 3. The molecule has 5 heteroatoms. The lowest BCUT2D eigenvalue weighted by molar-refractivity contribution is -0.131. The first-order chi connectivity index (χ1) is 16.0. The lowest BCUT2D eigenvalue weighted by Gasteiger charge is -2.26. The third-order valence-electron chi connectivity index (χ3n) is 6.45. The first-order valence-electron chi connectivity index (χ1n) is 11.1. The maximum atomic E-state index is 14.3. The van der Waals surface area contributed by atoms with E-state index >= 15 is 0 Å². The number of hydrogen-bond acceptors (Lipinski definition) is 3. The Labute approximate surface area is 192 Å². The zero-order valence-corrected chi connectivity index (χ0v) is 18.4. The van der Waals surface area contributed by atoms with E-state index in [2.05, 4.69) is 6.07 Å². The second-order valence-corrected chi connectivity index (χ2v) is 8.67. The minimum absolute atomic E-state index is 0.107. The molecule has 0 aromatic heterocycles. The van der Waals surface area contributed by atoms with E-state index in [1.165, 1.54) is 17.7 Å². The molecule has 0 saturated heterocycles. The lowest BCUT2D eigenvalue weighted by Crippen LogP contribution is -2.16. The molecule has 2 aliphatic rings. The van der Waals surface area contributed by atoms with Gasteiger partial charge in [0.05, 0.1) is 19.8 Å². The number of fused-ring (bicyclic) bond motifs is 1. The Morgan fingerprint density at radius 1 is 1.06 bits per heavy atom. The Hall–Kier alpha value is -3.44. The number of carboxylic acids is 1. The summed E-state index contributed by atoms with van der Waals surface area (Å²) < 4.78 is 25.7. The average molecular weight is 445 g/mol. The molecule has 1 heterocycles. The second-order valence-electron chi connectivity index (χ2n) is 8.67. The average Bonchev–Trinajstić information content (AvgIpc) is 3.68. The molecule has 1 saturated carbocycles. The Morgan fingerprint density at radius 3 is 2.55 bits per heavy atom. The van der Waals surface area contributed by atoms with Gasteiger partial charge in [-0.15, -0.1) is 0 Å². The third-order valence-corrected chi connectivity index (χ3v) is 6.45. The first-order valence-corrected chi connectivity index (χ1v) is 11.1. The van der Waals surface area contributed by atoms with Gasteiger partial charge in [-0.05, 0) is 70.3 Å². The van der Waals surface area contributed by atoms with Crippen molar-refractivity contribution in [1.82, 2.24) is 0 Å². The van der Waals surface area contributed by atoms with Crippen molar-refractivity contribution >= 4 is 11.5 Å². The van der Waals surface area contributed by atoms with Crippen LogP contribution in [0.15, 0.2) is 66.7 Å². The van der Waals surface area contributed by atoms with Crippen LogP contribution >= 0.6 is 0 Å². The summed E-state index contributed by atoms with van der Waals surface area (Å²) >= 11 is 0. The summed E-state index contributed by atoms with van der Waals surface area (Å²) in [5.41, 5.74) is 6.53. The molecule has 0 amide bonds. The van der Waals surface area contributed by atoms with Crippen LogP contribution in [0.3, 0.4) is 0 Å². The fourth-order valence-electron chi connectivity index (χ4n) is 4.49. The highest BCUT2D eigenvalue weighted by atomic mass is 19.1. The molecule has 0 radical (unpaired) electrons. The minimum atomic E-state index is -0.900. The van der Waals surface area contributed by atoms with Gasteiger partial charge in [-0.25, -0.2) is 9.18 Å². The quantitative estimate of drug-likeness (QED) is 0.461. The molecule has 1 fully saturated rings. The highest BCUT2D eigenvalue weighted by Gasteiger charge is 2.29. The van der Waals surface area contributed by atoms with E-state index in [4.69, 9.17) is 9.47 Å². The Balaban J connectivity index is 1.38. The summed E-state index contributed by atoms with van der Waals surface area (Å²) in [7, 11) is 1.56. The predicted octanol–water partition coefficient (Wildman–Crippen LogP) is 6.19. The molecule has 4 nitrogen and oxygen atoms in total. The minimum Gasteiger partial charge on any atom is -0.497 e. The van der Waals surface area contributed by atoms with Gasteiger partial charge in [-0.2, -0.15) is 0 Å². The van der Waals surface area contributed by atoms with E-state index < -0.39 is 5.97 Å². The van der Waals surface area contributed by atoms with Gasteiger partial charge in [0.2, 0.25) is 0 Å². The standard InChI is InChI=1S/C28H25FO4/c1-32-23-10-11-26(29)25(14-23)18-4-6-19(7-5-18)27-13-22-12-20(8-9-21(22)16-33-27)24(15-28(30)31)17-2-3-17/h4-12,14-15,17,27H,2-3,13,16H2,1H3,(H,30,31). The molecule has 0 bridgehead atoms. The SMILES string of the molecule is COc1ccc(F)c(-c2ccc(C3Cc4cc(C(=CC(=O)O)C5CC5)ccc4CO3)cc2)c1. The fourth-order valence-corrected chi connectivity index (χ4v) is 4.49. The highest BCUT2D eigenvalue weighted by Crippen LogP contribution is 2.43. The molecule has 3 aromatic rings. The Morgan fingerprint density at radius 2 is 1.85 bits per heavy atom. The molecule has 5 rings (SSSR count). The van der Waals surface area contributed by atoms with E-state index in [-0.39, 0.29) is 11.9 Å².